The first-order valence-corrected chi connectivity index (χ1v) is 9.64. The number of amides is 1. The van der Waals surface area contributed by atoms with E-state index in [0.29, 0.717) is 6.54 Å². The van der Waals surface area contributed by atoms with Crippen molar-refractivity contribution in [3.8, 4) is 5.75 Å². The molecule has 0 aliphatic heterocycles. The van der Waals surface area contributed by atoms with Gasteiger partial charge < -0.3 is 10.1 Å². The molecule has 1 N–H and O–H groups in total. The van der Waals surface area contributed by atoms with Crippen LogP contribution < -0.4 is 10.1 Å². The number of methoxy groups -OCH3 is 1. The Morgan fingerprint density at radius 2 is 2.12 bits per heavy atom. The second-order valence-electron chi connectivity index (χ2n) is 6.98. The summed E-state index contributed by atoms with van der Waals surface area (Å²) in [6.45, 7) is 4.84. The van der Waals surface area contributed by atoms with Gasteiger partial charge in [-0.15, -0.1) is 0 Å². The summed E-state index contributed by atoms with van der Waals surface area (Å²) in [6.07, 6.45) is 6.76. The molecule has 1 aromatic heterocycles. The van der Waals surface area contributed by atoms with Crippen LogP contribution >= 0.6 is 0 Å². The molecule has 5 nitrogen and oxygen atoms in total. The first-order chi connectivity index (χ1) is 12.7. The third kappa shape index (κ3) is 3.76. The molecule has 1 unspecified atom stereocenters. The molecule has 2 aromatic rings. The van der Waals surface area contributed by atoms with E-state index in [2.05, 4.69) is 35.0 Å². The number of fused-ring (bicyclic) bond motifs is 1. The summed E-state index contributed by atoms with van der Waals surface area (Å²) in [4.78, 5) is 12.5. The van der Waals surface area contributed by atoms with Gasteiger partial charge in [-0.05, 0) is 38.2 Å². The Hall–Kier alpha value is -2.30. The summed E-state index contributed by atoms with van der Waals surface area (Å²) in [6, 6.07) is 8.13. The van der Waals surface area contributed by atoms with E-state index in [4.69, 9.17) is 4.74 Å². The van der Waals surface area contributed by atoms with E-state index in [0.717, 1.165) is 43.4 Å². The third-order valence-electron chi connectivity index (χ3n) is 5.45. The van der Waals surface area contributed by atoms with Gasteiger partial charge in [0.25, 0.3) is 0 Å². The molecule has 0 fully saturated rings. The molecule has 3 rings (SSSR count). The Morgan fingerprint density at radius 1 is 1.35 bits per heavy atom. The second kappa shape index (κ2) is 8.39. The van der Waals surface area contributed by atoms with Gasteiger partial charge >= 0.3 is 0 Å². The van der Waals surface area contributed by atoms with Crippen molar-refractivity contribution in [3.05, 3.63) is 47.3 Å². The van der Waals surface area contributed by atoms with Gasteiger partial charge in [-0.1, -0.05) is 32.0 Å². The summed E-state index contributed by atoms with van der Waals surface area (Å²) < 4.78 is 7.52. The molecule has 0 radical (unpaired) electrons. The molecule has 0 spiro atoms. The lowest BCUT2D eigenvalue weighted by Gasteiger charge is -2.26. The summed E-state index contributed by atoms with van der Waals surface area (Å²) in [5.74, 6) is 1.15. The molecule has 5 heteroatoms. The predicted octanol–water partition coefficient (Wildman–Crippen LogP) is 3.87. The average molecular weight is 355 g/mol. The summed E-state index contributed by atoms with van der Waals surface area (Å²) >= 11 is 0. The Kier molecular flexibility index (Phi) is 5.96. The highest BCUT2D eigenvalue weighted by molar-refractivity contribution is 5.79. The number of hydrogen-bond donors (Lipinski definition) is 1. The van der Waals surface area contributed by atoms with Crippen molar-refractivity contribution in [2.24, 2.45) is 5.92 Å². The van der Waals surface area contributed by atoms with E-state index in [1.165, 1.54) is 11.3 Å². The van der Waals surface area contributed by atoms with E-state index >= 15 is 0 Å². The van der Waals surface area contributed by atoms with Crippen LogP contribution in [0.15, 0.2) is 30.5 Å². The van der Waals surface area contributed by atoms with Crippen molar-refractivity contribution in [1.82, 2.24) is 15.1 Å². The fraction of sp³-hybridized carbons (Fsp3) is 0.524. The van der Waals surface area contributed by atoms with Gasteiger partial charge in [0.1, 0.15) is 5.75 Å². The molecule has 140 valence electrons. The standard InChI is InChI=1S/C21H29N3O2/c1-4-15(5-2)21(25)23-18-10-8-11-19-17(18)13-22-24(19)14-16-9-6-7-12-20(16)26-3/h6-7,9,12-13,15,18H,4-5,8,10-11,14H2,1-3H3,(H,23,25). The zero-order chi connectivity index (χ0) is 18.5. The molecule has 1 atom stereocenters. The summed E-state index contributed by atoms with van der Waals surface area (Å²) in [5, 5.41) is 7.88. The number of ether oxygens (including phenoxy) is 1. The van der Waals surface area contributed by atoms with Crippen molar-refractivity contribution >= 4 is 5.91 Å². The largest absolute Gasteiger partial charge is 0.496 e. The van der Waals surface area contributed by atoms with Gasteiger partial charge in [0.2, 0.25) is 5.91 Å². The molecular formula is C21H29N3O2. The second-order valence-corrected chi connectivity index (χ2v) is 6.98. The van der Waals surface area contributed by atoms with Crippen molar-refractivity contribution in [2.75, 3.05) is 7.11 Å². The van der Waals surface area contributed by atoms with E-state index < -0.39 is 0 Å². The molecule has 0 bridgehead atoms. The number of rotatable bonds is 7. The van der Waals surface area contributed by atoms with Crippen LogP contribution in [0.25, 0.3) is 0 Å². The maximum atomic E-state index is 12.5. The number of carbonyl (C=O) groups excluding carboxylic acids is 1. The predicted molar refractivity (Wildman–Crippen MR) is 102 cm³/mol. The zero-order valence-electron chi connectivity index (χ0n) is 16.0. The molecule has 1 aliphatic carbocycles. The van der Waals surface area contributed by atoms with Crippen LogP contribution in [0.2, 0.25) is 0 Å². The van der Waals surface area contributed by atoms with Crippen LogP contribution in [0.3, 0.4) is 0 Å². The fourth-order valence-electron chi connectivity index (χ4n) is 3.85. The van der Waals surface area contributed by atoms with Crippen LogP contribution in [0, 0.1) is 5.92 Å². The monoisotopic (exact) mass is 355 g/mol. The lowest BCUT2D eigenvalue weighted by molar-refractivity contribution is -0.126. The van der Waals surface area contributed by atoms with E-state index in [9.17, 15) is 4.79 Å². The molecule has 1 aliphatic rings. The van der Waals surface area contributed by atoms with Crippen LogP contribution in [0.5, 0.6) is 5.75 Å². The first kappa shape index (κ1) is 18.5. The van der Waals surface area contributed by atoms with Gasteiger partial charge in [0.05, 0.1) is 25.9 Å². The molecule has 1 heterocycles. The Morgan fingerprint density at radius 3 is 2.85 bits per heavy atom. The van der Waals surface area contributed by atoms with Crippen molar-refractivity contribution in [2.45, 2.75) is 58.5 Å². The molecule has 0 saturated heterocycles. The third-order valence-corrected chi connectivity index (χ3v) is 5.45. The lowest BCUT2D eigenvalue weighted by Crippen LogP contribution is -2.35. The van der Waals surface area contributed by atoms with Crippen LogP contribution in [0.1, 0.15) is 62.4 Å². The highest BCUT2D eigenvalue weighted by Crippen LogP contribution is 2.31. The van der Waals surface area contributed by atoms with E-state index in [1.807, 2.05) is 24.4 Å². The number of aromatic nitrogens is 2. The number of nitrogens with zero attached hydrogens (tertiary/aromatic N) is 2. The van der Waals surface area contributed by atoms with Gasteiger partial charge in [0.15, 0.2) is 0 Å². The fourth-order valence-corrected chi connectivity index (χ4v) is 3.85. The smallest absolute Gasteiger partial charge is 0.223 e. The molecule has 1 aromatic carbocycles. The minimum absolute atomic E-state index is 0.0817. The maximum Gasteiger partial charge on any atom is 0.223 e. The van der Waals surface area contributed by atoms with Crippen molar-refractivity contribution in [3.63, 3.8) is 0 Å². The van der Waals surface area contributed by atoms with E-state index in [-0.39, 0.29) is 17.9 Å². The Labute approximate surface area is 155 Å². The van der Waals surface area contributed by atoms with Gasteiger partial charge in [-0.3, -0.25) is 9.48 Å². The number of para-hydroxylation sites is 1. The number of carbonyl (C=O) groups is 1. The summed E-state index contributed by atoms with van der Waals surface area (Å²) in [7, 11) is 1.70. The quantitative estimate of drug-likeness (QED) is 0.820. The highest BCUT2D eigenvalue weighted by atomic mass is 16.5. The minimum atomic E-state index is 0.0817. The topological polar surface area (TPSA) is 56.2 Å². The Balaban J connectivity index is 1.79. The first-order valence-electron chi connectivity index (χ1n) is 9.64. The van der Waals surface area contributed by atoms with Gasteiger partial charge in [-0.2, -0.15) is 5.10 Å². The molecule has 26 heavy (non-hydrogen) atoms. The normalized spacial score (nSPS) is 16.4. The Bertz CT molecular complexity index is 749. The number of nitrogens with one attached hydrogen (secondary N) is 1. The summed E-state index contributed by atoms with van der Waals surface area (Å²) in [5.41, 5.74) is 3.52. The highest BCUT2D eigenvalue weighted by Gasteiger charge is 2.27. The van der Waals surface area contributed by atoms with Crippen LogP contribution in [-0.2, 0) is 17.8 Å². The molecule has 0 saturated carbocycles. The lowest BCUT2D eigenvalue weighted by atomic mass is 9.92. The SMILES string of the molecule is CCC(CC)C(=O)NC1CCCc2c1cnn2Cc1ccccc1OC. The molecular weight excluding hydrogens is 326 g/mol. The zero-order valence-corrected chi connectivity index (χ0v) is 16.0. The molecule has 1 amide bonds. The maximum absolute atomic E-state index is 12.5. The number of hydrogen-bond acceptors (Lipinski definition) is 3. The minimum Gasteiger partial charge on any atom is -0.496 e. The van der Waals surface area contributed by atoms with Gasteiger partial charge in [0, 0.05) is 22.7 Å². The van der Waals surface area contributed by atoms with E-state index in [1.54, 1.807) is 7.11 Å². The van der Waals surface area contributed by atoms with Crippen molar-refractivity contribution < 1.29 is 9.53 Å². The van der Waals surface area contributed by atoms with Crippen molar-refractivity contribution in [1.29, 1.82) is 0 Å². The average Bonchev–Trinajstić information content (AvgIpc) is 3.07. The van der Waals surface area contributed by atoms with Gasteiger partial charge in [-0.25, -0.2) is 0 Å². The number of benzene rings is 1. The van der Waals surface area contributed by atoms with Crippen LogP contribution in [0.4, 0.5) is 0 Å². The van der Waals surface area contributed by atoms with Crippen LogP contribution in [-0.4, -0.2) is 22.8 Å².